The number of carbonyl (C=O) groups excluding carboxylic acids is 3. The van der Waals surface area contributed by atoms with Gasteiger partial charge in [-0.25, -0.2) is 0 Å². The van der Waals surface area contributed by atoms with Gasteiger partial charge in [0.2, 0.25) is 5.91 Å². The van der Waals surface area contributed by atoms with E-state index in [1.165, 1.54) is 0 Å². The molecule has 1 N–H and O–H groups in total. The number of amides is 3. The molecule has 1 fully saturated rings. The number of thioether (sulfide) groups is 1. The molecule has 0 unspecified atom stereocenters. The zero-order chi connectivity index (χ0) is 15.4. The minimum atomic E-state index is -0.397. The van der Waals surface area contributed by atoms with Crippen LogP contribution in [0.15, 0.2) is 40.8 Å². The van der Waals surface area contributed by atoms with E-state index in [9.17, 15) is 14.4 Å². The van der Waals surface area contributed by atoms with Gasteiger partial charge in [0.05, 0.1) is 4.91 Å². The van der Waals surface area contributed by atoms with Gasteiger partial charge in [-0.3, -0.25) is 19.3 Å². The SMILES string of the molecule is CC(C)=C1SC(=O)N(CC(=O)NCc2ccccc2)C1=O. The molecule has 1 saturated heterocycles. The molecule has 0 bridgehead atoms. The normalized spacial score (nSPS) is 14.6. The Bertz CT molecular complexity index is 607. The maximum atomic E-state index is 12.0. The fraction of sp³-hybridized carbons (Fsp3) is 0.267. The minimum absolute atomic E-state index is 0.242. The number of nitrogens with zero attached hydrogens (tertiary/aromatic N) is 1. The van der Waals surface area contributed by atoms with Crippen LogP contribution in [0, 0.1) is 0 Å². The number of nitrogens with one attached hydrogen (secondary N) is 1. The lowest BCUT2D eigenvalue weighted by Gasteiger charge is -2.12. The Morgan fingerprint density at radius 1 is 1.19 bits per heavy atom. The van der Waals surface area contributed by atoms with Crippen molar-refractivity contribution in [2.45, 2.75) is 20.4 Å². The molecule has 0 spiro atoms. The highest BCUT2D eigenvalue weighted by atomic mass is 32.2. The molecular formula is C15H16N2O3S. The van der Waals surface area contributed by atoms with Crippen LogP contribution in [0.1, 0.15) is 19.4 Å². The zero-order valence-electron chi connectivity index (χ0n) is 11.9. The summed E-state index contributed by atoms with van der Waals surface area (Å²) in [5.41, 5.74) is 1.75. The molecule has 1 aromatic rings. The second-order valence-electron chi connectivity index (χ2n) is 4.85. The molecule has 21 heavy (non-hydrogen) atoms. The van der Waals surface area contributed by atoms with Gasteiger partial charge < -0.3 is 5.32 Å². The fourth-order valence-electron chi connectivity index (χ4n) is 1.84. The van der Waals surface area contributed by atoms with E-state index in [2.05, 4.69) is 5.32 Å². The summed E-state index contributed by atoms with van der Waals surface area (Å²) in [4.78, 5) is 37.0. The van der Waals surface area contributed by atoms with E-state index in [0.29, 0.717) is 11.4 Å². The molecule has 6 heteroatoms. The van der Waals surface area contributed by atoms with Crippen LogP contribution in [-0.2, 0) is 16.1 Å². The minimum Gasteiger partial charge on any atom is -0.350 e. The third-order valence-corrected chi connectivity index (χ3v) is 4.12. The van der Waals surface area contributed by atoms with Crippen molar-refractivity contribution in [3.63, 3.8) is 0 Å². The molecule has 0 atom stereocenters. The number of allylic oxidation sites excluding steroid dienone is 1. The second kappa shape index (κ2) is 6.58. The Kier molecular flexibility index (Phi) is 4.80. The molecule has 3 amide bonds. The van der Waals surface area contributed by atoms with Crippen LogP contribution in [0.25, 0.3) is 0 Å². The highest BCUT2D eigenvalue weighted by molar-refractivity contribution is 8.18. The van der Waals surface area contributed by atoms with Crippen LogP contribution in [0.4, 0.5) is 4.79 Å². The number of hydrogen-bond donors (Lipinski definition) is 1. The predicted octanol–water partition coefficient (Wildman–Crippen LogP) is 2.29. The summed E-state index contributed by atoms with van der Waals surface area (Å²) >= 11 is 0.883. The van der Waals surface area contributed by atoms with Gasteiger partial charge in [-0.2, -0.15) is 0 Å². The number of imide groups is 1. The summed E-state index contributed by atoms with van der Waals surface area (Å²) < 4.78 is 0. The molecule has 2 rings (SSSR count). The first-order valence-electron chi connectivity index (χ1n) is 6.51. The van der Waals surface area contributed by atoms with Gasteiger partial charge >= 0.3 is 0 Å². The molecule has 1 aliphatic heterocycles. The number of benzene rings is 1. The maximum absolute atomic E-state index is 12.0. The van der Waals surface area contributed by atoms with E-state index in [1.54, 1.807) is 13.8 Å². The summed E-state index contributed by atoms with van der Waals surface area (Å²) in [7, 11) is 0. The van der Waals surface area contributed by atoms with Crippen LogP contribution >= 0.6 is 11.8 Å². The Morgan fingerprint density at radius 3 is 2.43 bits per heavy atom. The van der Waals surface area contributed by atoms with Gasteiger partial charge in [0, 0.05) is 6.54 Å². The smallest absolute Gasteiger partial charge is 0.294 e. The van der Waals surface area contributed by atoms with Crippen LogP contribution in [-0.4, -0.2) is 28.5 Å². The Balaban J connectivity index is 1.93. The molecule has 1 aromatic carbocycles. The molecule has 0 aromatic heterocycles. The van der Waals surface area contributed by atoms with Gasteiger partial charge in [0.1, 0.15) is 6.54 Å². The lowest BCUT2D eigenvalue weighted by atomic mass is 10.2. The van der Waals surface area contributed by atoms with Crippen molar-refractivity contribution in [3.8, 4) is 0 Å². The van der Waals surface area contributed by atoms with E-state index < -0.39 is 5.24 Å². The molecule has 110 valence electrons. The van der Waals surface area contributed by atoms with E-state index in [-0.39, 0.29) is 18.4 Å². The summed E-state index contributed by atoms with van der Waals surface area (Å²) in [6.45, 7) is 3.67. The zero-order valence-corrected chi connectivity index (χ0v) is 12.7. The van der Waals surface area contributed by atoms with Crippen molar-refractivity contribution in [2.24, 2.45) is 0 Å². The van der Waals surface area contributed by atoms with Crippen LogP contribution in [0.5, 0.6) is 0 Å². The summed E-state index contributed by atoms with van der Waals surface area (Å²) in [5, 5.41) is 2.30. The third kappa shape index (κ3) is 3.72. The fourth-order valence-corrected chi connectivity index (χ4v) is 2.67. The maximum Gasteiger partial charge on any atom is 0.294 e. The summed E-state index contributed by atoms with van der Waals surface area (Å²) in [6, 6.07) is 9.44. The number of rotatable bonds is 4. The Labute approximate surface area is 127 Å². The van der Waals surface area contributed by atoms with Crippen molar-refractivity contribution < 1.29 is 14.4 Å². The molecule has 0 saturated carbocycles. The summed E-state index contributed by atoms with van der Waals surface area (Å²) in [6.07, 6.45) is 0. The molecular weight excluding hydrogens is 288 g/mol. The summed E-state index contributed by atoms with van der Waals surface area (Å²) in [5.74, 6) is -0.740. The second-order valence-corrected chi connectivity index (χ2v) is 5.81. The number of hydrogen-bond acceptors (Lipinski definition) is 4. The average molecular weight is 304 g/mol. The largest absolute Gasteiger partial charge is 0.350 e. The van der Waals surface area contributed by atoms with Gasteiger partial charge in [0.15, 0.2) is 0 Å². The predicted molar refractivity (Wildman–Crippen MR) is 81.4 cm³/mol. The Morgan fingerprint density at radius 2 is 1.86 bits per heavy atom. The van der Waals surface area contributed by atoms with E-state index in [4.69, 9.17) is 0 Å². The average Bonchev–Trinajstić information content (AvgIpc) is 2.74. The van der Waals surface area contributed by atoms with Crippen LogP contribution < -0.4 is 5.32 Å². The first-order chi connectivity index (χ1) is 9.99. The standard InChI is InChI=1S/C15H16N2O3S/c1-10(2)13-14(19)17(15(20)21-13)9-12(18)16-8-11-6-4-3-5-7-11/h3-7H,8-9H2,1-2H3,(H,16,18). The third-order valence-electron chi connectivity index (χ3n) is 2.94. The van der Waals surface area contributed by atoms with E-state index in [1.807, 2.05) is 30.3 Å². The van der Waals surface area contributed by atoms with Gasteiger partial charge in [-0.1, -0.05) is 35.9 Å². The van der Waals surface area contributed by atoms with Crippen LogP contribution in [0.3, 0.4) is 0 Å². The Hall–Kier alpha value is -2.08. The molecule has 0 radical (unpaired) electrons. The van der Waals surface area contributed by atoms with Gasteiger partial charge in [0.25, 0.3) is 11.1 Å². The highest BCUT2D eigenvalue weighted by Gasteiger charge is 2.36. The van der Waals surface area contributed by atoms with Crippen molar-refractivity contribution in [1.82, 2.24) is 10.2 Å². The van der Waals surface area contributed by atoms with Crippen molar-refractivity contribution in [3.05, 3.63) is 46.4 Å². The van der Waals surface area contributed by atoms with Gasteiger partial charge in [-0.05, 0) is 31.2 Å². The lowest BCUT2D eigenvalue weighted by molar-refractivity contribution is -0.129. The topological polar surface area (TPSA) is 66.5 Å². The molecule has 5 nitrogen and oxygen atoms in total. The lowest BCUT2D eigenvalue weighted by Crippen LogP contribution is -2.39. The first-order valence-corrected chi connectivity index (χ1v) is 7.32. The van der Waals surface area contributed by atoms with E-state index >= 15 is 0 Å². The molecule has 1 heterocycles. The quantitative estimate of drug-likeness (QED) is 0.867. The van der Waals surface area contributed by atoms with Crippen molar-refractivity contribution in [1.29, 1.82) is 0 Å². The van der Waals surface area contributed by atoms with E-state index in [0.717, 1.165) is 27.8 Å². The van der Waals surface area contributed by atoms with Crippen molar-refractivity contribution >= 4 is 28.8 Å². The van der Waals surface area contributed by atoms with Gasteiger partial charge in [-0.15, -0.1) is 0 Å². The molecule has 0 aliphatic carbocycles. The van der Waals surface area contributed by atoms with Crippen molar-refractivity contribution in [2.75, 3.05) is 6.54 Å². The molecule has 1 aliphatic rings. The number of carbonyl (C=O) groups is 3. The first kappa shape index (κ1) is 15.3. The monoisotopic (exact) mass is 304 g/mol. The highest BCUT2D eigenvalue weighted by Crippen LogP contribution is 2.32. The van der Waals surface area contributed by atoms with Crippen LogP contribution in [0.2, 0.25) is 0 Å².